The SMILES string of the molecule is CC(C)C1CCCCC2(CC2)C1. The number of hydrogen-bond acceptors (Lipinski definition) is 0. The minimum atomic E-state index is 0.867. The molecule has 0 aliphatic heterocycles. The van der Waals surface area contributed by atoms with E-state index >= 15 is 0 Å². The van der Waals surface area contributed by atoms with Crippen molar-refractivity contribution in [2.45, 2.75) is 58.8 Å². The Morgan fingerprint density at radius 2 is 1.83 bits per heavy atom. The first kappa shape index (κ1) is 8.59. The lowest BCUT2D eigenvalue weighted by Gasteiger charge is -2.22. The Kier molecular flexibility index (Phi) is 2.18. The van der Waals surface area contributed by atoms with Gasteiger partial charge in [0.05, 0.1) is 0 Å². The molecule has 0 bridgehead atoms. The van der Waals surface area contributed by atoms with Gasteiger partial charge in [-0.1, -0.05) is 33.1 Å². The van der Waals surface area contributed by atoms with Crippen molar-refractivity contribution in [3.63, 3.8) is 0 Å². The summed E-state index contributed by atoms with van der Waals surface area (Å²) in [5.74, 6) is 1.98. The second kappa shape index (κ2) is 3.05. The minimum Gasteiger partial charge on any atom is -0.0625 e. The summed E-state index contributed by atoms with van der Waals surface area (Å²) < 4.78 is 0. The Morgan fingerprint density at radius 3 is 2.42 bits per heavy atom. The van der Waals surface area contributed by atoms with Crippen LogP contribution in [-0.4, -0.2) is 0 Å². The van der Waals surface area contributed by atoms with Crippen molar-refractivity contribution in [1.29, 1.82) is 0 Å². The van der Waals surface area contributed by atoms with Crippen molar-refractivity contribution in [1.82, 2.24) is 0 Å². The highest BCUT2D eigenvalue weighted by molar-refractivity contribution is 4.96. The Bertz CT molecular complexity index is 153. The van der Waals surface area contributed by atoms with Crippen LogP contribution in [0.15, 0.2) is 0 Å². The quantitative estimate of drug-likeness (QED) is 0.552. The zero-order chi connectivity index (χ0) is 8.60. The molecule has 0 amide bonds. The maximum Gasteiger partial charge on any atom is -0.0294 e. The highest BCUT2D eigenvalue weighted by Gasteiger charge is 2.44. The van der Waals surface area contributed by atoms with Gasteiger partial charge < -0.3 is 0 Å². The van der Waals surface area contributed by atoms with E-state index in [-0.39, 0.29) is 0 Å². The maximum absolute atomic E-state index is 2.41. The molecule has 0 nitrogen and oxygen atoms in total. The van der Waals surface area contributed by atoms with Crippen LogP contribution in [0.2, 0.25) is 0 Å². The molecule has 1 unspecified atom stereocenters. The molecule has 0 heterocycles. The second-order valence-corrected chi connectivity index (χ2v) is 5.45. The first-order chi connectivity index (χ1) is 5.72. The fourth-order valence-electron chi connectivity index (χ4n) is 2.87. The zero-order valence-corrected chi connectivity index (χ0v) is 8.60. The Morgan fingerprint density at radius 1 is 1.08 bits per heavy atom. The van der Waals surface area contributed by atoms with Gasteiger partial charge in [-0.2, -0.15) is 0 Å². The molecule has 0 aromatic carbocycles. The summed E-state index contributed by atoms with van der Waals surface area (Å²) in [6.07, 6.45) is 10.8. The van der Waals surface area contributed by atoms with Gasteiger partial charge in [-0.05, 0) is 42.9 Å². The zero-order valence-electron chi connectivity index (χ0n) is 8.60. The highest BCUT2D eigenvalue weighted by Crippen LogP contribution is 2.57. The normalized spacial score (nSPS) is 33.8. The van der Waals surface area contributed by atoms with Crippen molar-refractivity contribution in [2.24, 2.45) is 17.3 Å². The van der Waals surface area contributed by atoms with Gasteiger partial charge in [0.25, 0.3) is 0 Å². The smallest absolute Gasteiger partial charge is 0.0294 e. The van der Waals surface area contributed by atoms with Crippen molar-refractivity contribution in [3.8, 4) is 0 Å². The van der Waals surface area contributed by atoms with Crippen LogP contribution >= 0.6 is 0 Å². The molecule has 2 saturated carbocycles. The van der Waals surface area contributed by atoms with Gasteiger partial charge in [0.1, 0.15) is 0 Å². The summed E-state index contributed by atoms with van der Waals surface area (Å²) in [4.78, 5) is 0. The third-order valence-electron chi connectivity index (χ3n) is 4.13. The third kappa shape index (κ3) is 1.67. The van der Waals surface area contributed by atoms with Crippen molar-refractivity contribution < 1.29 is 0 Å². The van der Waals surface area contributed by atoms with E-state index in [1.54, 1.807) is 25.7 Å². The molecule has 0 aromatic heterocycles. The van der Waals surface area contributed by atoms with Crippen molar-refractivity contribution in [3.05, 3.63) is 0 Å². The van der Waals surface area contributed by atoms with Crippen molar-refractivity contribution in [2.75, 3.05) is 0 Å². The van der Waals surface area contributed by atoms with Crippen LogP contribution in [-0.2, 0) is 0 Å². The fourth-order valence-corrected chi connectivity index (χ4v) is 2.87. The molecule has 70 valence electrons. The second-order valence-electron chi connectivity index (χ2n) is 5.45. The lowest BCUT2D eigenvalue weighted by atomic mass is 9.84. The summed E-state index contributed by atoms with van der Waals surface area (Å²) in [7, 11) is 0. The molecule has 2 aliphatic rings. The monoisotopic (exact) mass is 166 g/mol. The molecule has 0 saturated heterocycles. The number of hydrogen-bond donors (Lipinski definition) is 0. The summed E-state index contributed by atoms with van der Waals surface area (Å²) in [6.45, 7) is 4.82. The average Bonchev–Trinajstić information content (AvgIpc) is 2.80. The topological polar surface area (TPSA) is 0 Å². The molecule has 1 spiro atoms. The predicted molar refractivity (Wildman–Crippen MR) is 53.1 cm³/mol. The standard InChI is InChI=1S/C12H22/c1-10(2)11-5-3-4-6-12(9-11)7-8-12/h10-11H,3-9H2,1-2H3. The summed E-state index contributed by atoms with van der Waals surface area (Å²) in [5, 5.41) is 0. The van der Waals surface area contributed by atoms with Gasteiger partial charge >= 0.3 is 0 Å². The highest BCUT2D eigenvalue weighted by atomic mass is 14.5. The van der Waals surface area contributed by atoms with Crippen LogP contribution < -0.4 is 0 Å². The van der Waals surface area contributed by atoms with Crippen LogP contribution in [0.5, 0.6) is 0 Å². The molecular formula is C12H22. The van der Waals surface area contributed by atoms with Gasteiger partial charge in [-0.25, -0.2) is 0 Å². The van der Waals surface area contributed by atoms with E-state index in [0.717, 1.165) is 17.3 Å². The molecule has 12 heavy (non-hydrogen) atoms. The molecule has 0 aromatic rings. The van der Waals surface area contributed by atoms with E-state index in [1.807, 2.05) is 0 Å². The fraction of sp³-hybridized carbons (Fsp3) is 1.00. The molecular weight excluding hydrogens is 144 g/mol. The first-order valence-electron chi connectivity index (χ1n) is 5.72. The van der Waals surface area contributed by atoms with E-state index in [4.69, 9.17) is 0 Å². The lowest BCUT2D eigenvalue weighted by molar-refractivity contribution is 0.286. The molecule has 0 heteroatoms. The average molecular weight is 166 g/mol. The molecule has 2 aliphatic carbocycles. The van der Waals surface area contributed by atoms with Gasteiger partial charge in [0.2, 0.25) is 0 Å². The van der Waals surface area contributed by atoms with E-state index in [9.17, 15) is 0 Å². The third-order valence-corrected chi connectivity index (χ3v) is 4.13. The summed E-state index contributed by atoms with van der Waals surface area (Å²) >= 11 is 0. The Hall–Kier alpha value is 0. The largest absolute Gasteiger partial charge is 0.0625 e. The van der Waals surface area contributed by atoms with E-state index in [2.05, 4.69) is 13.8 Å². The first-order valence-corrected chi connectivity index (χ1v) is 5.72. The van der Waals surface area contributed by atoms with Crippen LogP contribution in [0.25, 0.3) is 0 Å². The number of rotatable bonds is 1. The van der Waals surface area contributed by atoms with Crippen molar-refractivity contribution >= 4 is 0 Å². The maximum atomic E-state index is 2.41. The molecule has 2 fully saturated rings. The van der Waals surface area contributed by atoms with Crippen LogP contribution in [0, 0.1) is 17.3 Å². The van der Waals surface area contributed by atoms with Gasteiger partial charge in [0, 0.05) is 0 Å². The molecule has 2 rings (SSSR count). The van der Waals surface area contributed by atoms with Gasteiger partial charge in [-0.3, -0.25) is 0 Å². The van der Waals surface area contributed by atoms with E-state index in [1.165, 1.54) is 19.3 Å². The predicted octanol–water partition coefficient (Wildman–Crippen LogP) is 4.00. The summed E-state index contributed by atoms with van der Waals surface area (Å²) in [5.41, 5.74) is 0.867. The van der Waals surface area contributed by atoms with Gasteiger partial charge in [-0.15, -0.1) is 0 Å². The lowest BCUT2D eigenvalue weighted by Crippen LogP contribution is -2.12. The molecule has 1 atom stereocenters. The Labute approximate surface area is 76.7 Å². The molecule has 0 N–H and O–H groups in total. The van der Waals surface area contributed by atoms with Crippen LogP contribution in [0.4, 0.5) is 0 Å². The van der Waals surface area contributed by atoms with Crippen LogP contribution in [0.3, 0.4) is 0 Å². The Balaban J connectivity index is 1.97. The summed E-state index contributed by atoms with van der Waals surface area (Å²) in [6, 6.07) is 0. The van der Waals surface area contributed by atoms with E-state index in [0.29, 0.717) is 0 Å². The molecule has 0 radical (unpaired) electrons. The van der Waals surface area contributed by atoms with Crippen LogP contribution in [0.1, 0.15) is 58.8 Å². The van der Waals surface area contributed by atoms with E-state index < -0.39 is 0 Å². The van der Waals surface area contributed by atoms with Gasteiger partial charge in [0.15, 0.2) is 0 Å². The minimum absolute atomic E-state index is 0.867.